The second kappa shape index (κ2) is 11.1. The average Bonchev–Trinajstić information content (AvgIpc) is 3.18. The van der Waals surface area contributed by atoms with Gasteiger partial charge in [-0.25, -0.2) is 8.78 Å². The van der Waals surface area contributed by atoms with Crippen LogP contribution in [0.15, 0.2) is 59.5 Å². The zero-order chi connectivity index (χ0) is 26.7. The summed E-state index contributed by atoms with van der Waals surface area (Å²) < 4.78 is 41.6. The maximum Gasteiger partial charge on any atom is 0.274 e. The number of aromatic nitrogens is 1. The summed E-state index contributed by atoms with van der Waals surface area (Å²) in [6.07, 6.45) is 1.55. The third kappa shape index (κ3) is 5.35. The SMILES string of the molecule is COCCn1cccc(N2C[C@@H](c3c(F)cc(OC)cc3F)[C@H](NC(=O)c3ccc(Cl)cc3)C2=O)c1=O. The predicted molar refractivity (Wildman–Crippen MR) is 133 cm³/mol. The largest absolute Gasteiger partial charge is 0.497 e. The summed E-state index contributed by atoms with van der Waals surface area (Å²) in [6.45, 7) is 0.267. The number of carbonyl (C=O) groups excluding carboxylic acids is 2. The van der Waals surface area contributed by atoms with E-state index in [1.54, 1.807) is 12.3 Å². The Kier molecular flexibility index (Phi) is 7.89. The Balaban J connectivity index is 1.75. The van der Waals surface area contributed by atoms with E-state index >= 15 is 8.78 Å². The van der Waals surface area contributed by atoms with Crippen molar-refractivity contribution in [3.05, 3.63) is 92.9 Å². The summed E-state index contributed by atoms with van der Waals surface area (Å²) in [4.78, 5) is 40.8. The fraction of sp³-hybridized carbons (Fsp3) is 0.269. The van der Waals surface area contributed by atoms with Crippen molar-refractivity contribution in [3.63, 3.8) is 0 Å². The summed E-state index contributed by atoms with van der Waals surface area (Å²) in [5.41, 5.74) is -0.654. The van der Waals surface area contributed by atoms with E-state index in [1.165, 1.54) is 49.1 Å². The number of anilines is 1. The molecule has 2 atom stereocenters. The fourth-order valence-electron chi connectivity index (χ4n) is 4.32. The van der Waals surface area contributed by atoms with E-state index in [4.69, 9.17) is 21.1 Å². The monoisotopic (exact) mass is 531 g/mol. The molecule has 3 aromatic rings. The third-order valence-corrected chi connectivity index (χ3v) is 6.44. The maximum atomic E-state index is 15.1. The van der Waals surface area contributed by atoms with E-state index in [-0.39, 0.29) is 36.7 Å². The molecule has 1 aromatic heterocycles. The average molecular weight is 532 g/mol. The first-order valence-corrected chi connectivity index (χ1v) is 11.7. The van der Waals surface area contributed by atoms with Gasteiger partial charge in [0.15, 0.2) is 0 Å². The molecule has 0 unspecified atom stereocenters. The van der Waals surface area contributed by atoms with Gasteiger partial charge >= 0.3 is 0 Å². The first-order chi connectivity index (χ1) is 17.7. The minimum atomic E-state index is -1.35. The molecule has 2 heterocycles. The fourth-order valence-corrected chi connectivity index (χ4v) is 4.45. The Labute approximate surface area is 216 Å². The molecule has 194 valence electrons. The maximum absolute atomic E-state index is 15.1. The van der Waals surface area contributed by atoms with Gasteiger partial charge in [0.1, 0.15) is 29.1 Å². The van der Waals surface area contributed by atoms with Crippen molar-refractivity contribution in [1.29, 1.82) is 0 Å². The molecular formula is C26H24ClF2N3O5. The number of benzene rings is 2. The van der Waals surface area contributed by atoms with Crippen molar-refractivity contribution in [2.75, 3.05) is 32.3 Å². The van der Waals surface area contributed by atoms with E-state index in [2.05, 4.69) is 5.32 Å². The Hall–Kier alpha value is -3.76. The van der Waals surface area contributed by atoms with Crippen molar-refractivity contribution in [3.8, 4) is 5.75 Å². The van der Waals surface area contributed by atoms with Crippen LogP contribution in [-0.4, -0.2) is 49.8 Å². The minimum absolute atomic E-state index is 0.0196. The van der Waals surface area contributed by atoms with Gasteiger partial charge in [-0.05, 0) is 36.4 Å². The van der Waals surface area contributed by atoms with Gasteiger partial charge in [0.25, 0.3) is 11.5 Å². The lowest BCUT2D eigenvalue weighted by Gasteiger charge is -2.20. The second-order valence-electron chi connectivity index (χ2n) is 8.40. The Bertz CT molecular complexity index is 1360. The molecule has 0 aliphatic carbocycles. The molecule has 0 radical (unpaired) electrons. The summed E-state index contributed by atoms with van der Waals surface area (Å²) in [6, 6.07) is 9.63. The number of amides is 2. The van der Waals surface area contributed by atoms with Gasteiger partial charge in [-0.2, -0.15) is 0 Å². The van der Waals surface area contributed by atoms with E-state index in [1.807, 2.05) is 0 Å². The van der Waals surface area contributed by atoms with E-state index in [0.717, 1.165) is 17.0 Å². The van der Waals surface area contributed by atoms with Crippen LogP contribution in [-0.2, 0) is 16.1 Å². The van der Waals surface area contributed by atoms with Gasteiger partial charge in [0, 0.05) is 60.6 Å². The highest BCUT2D eigenvalue weighted by Crippen LogP contribution is 2.36. The second-order valence-corrected chi connectivity index (χ2v) is 8.84. The summed E-state index contributed by atoms with van der Waals surface area (Å²) in [7, 11) is 2.77. The number of halogens is 3. The Morgan fingerprint density at radius 3 is 2.41 bits per heavy atom. The van der Waals surface area contributed by atoms with Crippen LogP contribution in [0.4, 0.5) is 14.5 Å². The smallest absolute Gasteiger partial charge is 0.274 e. The van der Waals surface area contributed by atoms with Crippen LogP contribution < -0.4 is 20.5 Å². The number of nitrogens with zero attached hydrogens (tertiary/aromatic N) is 2. The molecule has 11 heteroatoms. The molecule has 37 heavy (non-hydrogen) atoms. The molecule has 8 nitrogen and oxygen atoms in total. The van der Waals surface area contributed by atoms with Crippen molar-refractivity contribution >= 4 is 29.1 Å². The number of hydrogen-bond acceptors (Lipinski definition) is 5. The van der Waals surface area contributed by atoms with E-state index in [0.29, 0.717) is 5.02 Å². The molecule has 2 aromatic carbocycles. The molecule has 2 amide bonds. The lowest BCUT2D eigenvalue weighted by atomic mass is 9.92. The zero-order valence-corrected chi connectivity index (χ0v) is 20.8. The molecule has 4 rings (SSSR count). The number of ether oxygens (including phenoxy) is 2. The van der Waals surface area contributed by atoms with Crippen LogP contribution in [0.25, 0.3) is 0 Å². The van der Waals surface area contributed by atoms with Gasteiger partial charge in [-0.3, -0.25) is 14.4 Å². The molecule has 1 fully saturated rings. The van der Waals surface area contributed by atoms with Crippen LogP contribution in [0.2, 0.25) is 5.02 Å². The van der Waals surface area contributed by atoms with E-state index < -0.39 is 46.5 Å². The van der Waals surface area contributed by atoms with Crippen molar-refractivity contribution in [1.82, 2.24) is 9.88 Å². The lowest BCUT2D eigenvalue weighted by molar-refractivity contribution is -0.118. The number of nitrogens with one attached hydrogen (secondary N) is 1. The number of methoxy groups -OCH3 is 2. The van der Waals surface area contributed by atoms with Crippen molar-refractivity contribution in [2.24, 2.45) is 0 Å². The van der Waals surface area contributed by atoms with Gasteiger partial charge in [0.2, 0.25) is 5.91 Å². The summed E-state index contributed by atoms with van der Waals surface area (Å²) >= 11 is 5.89. The lowest BCUT2D eigenvalue weighted by Crippen LogP contribution is -2.44. The van der Waals surface area contributed by atoms with Gasteiger partial charge < -0.3 is 24.3 Å². The van der Waals surface area contributed by atoms with Crippen LogP contribution in [0, 0.1) is 11.6 Å². The van der Waals surface area contributed by atoms with Gasteiger partial charge in [-0.1, -0.05) is 11.6 Å². The molecule has 1 aliphatic rings. The third-order valence-electron chi connectivity index (χ3n) is 6.19. The van der Waals surface area contributed by atoms with Gasteiger partial charge in [-0.15, -0.1) is 0 Å². The number of rotatable bonds is 8. The van der Waals surface area contributed by atoms with Gasteiger partial charge in [0.05, 0.1) is 13.7 Å². The van der Waals surface area contributed by atoms with Crippen LogP contribution in [0.3, 0.4) is 0 Å². The summed E-state index contributed by atoms with van der Waals surface area (Å²) in [5, 5.41) is 3.01. The normalized spacial score (nSPS) is 17.2. The van der Waals surface area contributed by atoms with E-state index in [9.17, 15) is 14.4 Å². The standard InChI is InChI=1S/C26H24ClF2N3O5/c1-36-11-10-31-9-3-4-21(25(31)34)32-14-18(22-19(28)12-17(37-2)13-20(22)29)23(26(32)35)30-24(33)15-5-7-16(27)8-6-15/h3-9,12-13,18,23H,10-11,14H2,1-2H3,(H,30,33)/t18-,23-/m0/s1. The topological polar surface area (TPSA) is 89.9 Å². The Morgan fingerprint density at radius 2 is 1.78 bits per heavy atom. The first kappa shape index (κ1) is 26.3. The molecule has 1 saturated heterocycles. The Morgan fingerprint density at radius 1 is 1.11 bits per heavy atom. The van der Waals surface area contributed by atoms with Crippen molar-refractivity contribution < 1.29 is 27.8 Å². The van der Waals surface area contributed by atoms with Crippen LogP contribution >= 0.6 is 11.6 Å². The van der Waals surface area contributed by atoms with Crippen LogP contribution in [0.5, 0.6) is 5.75 Å². The number of pyridine rings is 1. The quantitative estimate of drug-likeness (QED) is 0.481. The van der Waals surface area contributed by atoms with Crippen LogP contribution in [0.1, 0.15) is 21.8 Å². The predicted octanol–water partition coefficient (Wildman–Crippen LogP) is 3.36. The number of carbonyl (C=O) groups is 2. The molecule has 1 aliphatic heterocycles. The molecular weight excluding hydrogens is 508 g/mol. The zero-order valence-electron chi connectivity index (χ0n) is 20.0. The molecule has 0 saturated carbocycles. The molecule has 1 N–H and O–H groups in total. The minimum Gasteiger partial charge on any atom is -0.497 e. The molecule has 0 bridgehead atoms. The highest BCUT2D eigenvalue weighted by atomic mass is 35.5. The molecule has 0 spiro atoms. The summed E-state index contributed by atoms with van der Waals surface area (Å²) in [5.74, 6) is -4.36. The number of hydrogen-bond donors (Lipinski definition) is 1. The highest BCUT2D eigenvalue weighted by molar-refractivity contribution is 6.30. The van der Waals surface area contributed by atoms with Crippen molar-refractivity contribution in [2.45, 2.75) is 18.5 Å². The first-order valence-electron chi connectivity index (χ1n) is 11.3. The highest BCUT2D eigenvalue weighted by Gasteiger charge is 2.46.